The van der Waals surface area contributed by atoms with E-state index in [-0.39, 0.29) is 0 Å². The molecule has 0 aliphatic carbocycles. The van der Waals surface area contributed by atoms with E-state index in [1.807, 2.05) is 54.6 Å². The van der Waals surface area contributed by atoms with Crippen LogP contribution in [0.1, 0.15) is 5.56 Å². The van der Waals surface area contributed by atoms with Crippen molar-refractivity contribution in [3.63, 3.8) is 0 Å². The van der Waals surface area contributed by atoms with Gasteiger partial charge in [0.15, 0.2) is 11.3 Å². The molecule has 174 valence electrons. The first kappa shape index (κ1) is 22.0. The summed E-state index contributed by atoms with van der Waals surface area (Å²) in [4.78, 5) is 25.2. The van der Waals surface area contributed by atoms with E-state index in [0.29, 0.717) is 40.9 Å². The Morgan fingerprint density at radius 1 is 0.886 bits per heavy atom. The summed E-state index contributed by atoms with van der Waals surface area (Å²) in [6, 6.07) is 22.4. The van der Waals surface area contributed by atoms with Crippen LogP contribution in [0.2, 0.25) is 0 Å². The van der Waals surface area contributed by atoms with Gasteiger partial charge in [-0.05, 0) is 54.4 Å². The number of anilines is 3. The number of halogens is 1. The van der Waals surface area contributed by atoms with Crippen molar-refractivity contribution in [3.8, 4) is 11.5 Å². The van der Waals surface area contributed by atoms with Crippen LogP contribution < -0.4 is 16.0 Å². The molecule has 0 atom stereocenters. The van der Waals surface area contributed by atoms with Crippen LogP contribution in [0.3, 0.4) is 0 Å². The van der Waals surface area contributed by atoms with Crippen LogP contribution in [0.25, 0.3) is 22.7 Å². The minimum atomic E-state index is -0.444. The number of hydrogen-bond donors (Lipinski definition) is 3. The van der Waals surface area contributed by atoms with Gasteiger partial charge < -0.3 is 20.4 Å². The van der Waals surface area contributed by atoms with Gasteiger partial charge in [-0.15, -0.1) is 0 Å². The molecule has 5 rings (SSSR count). The van der Waals surface area contributed by atoms with Crippen molar-refractivity contribution in [1.82, 2.24) is 15.0 Å². The Balaban J connectivity index is 1.17. The van der Waals surface area contributed by atoms with E-state index in [9.17, 15) is 9.18 Å². The molecule has 3 N–H and O–H groups in total. The molecule has 0 radical (unpaired) electrons. The van der Waals surface area contributed by atoms with Crippen molar-refractivity contribution in [2.45, 2.75) is 6.42 Å². The molecular formula is C26H21FN6O2. The second kappa shape index (κ2) is 10.0. The predicted octanol–water partition coefficient (Wildman–Crippen LogP) is 5.72. The van der Waals surface area contributed by atoms with E-state index in [1.165, 1.54) is 24.5 Å². The predicted molar refractivity (Wildman–Crippen MR) is 133 cm³/mol. The molecule has 0 aliphatic rings. The molecule has 35 heavy (non-hydrogen) atoms. The number of urea groups is 1. The summed E-state index contributed by atoms with van der Waals surface area (Å²) in [5.41, 5.74) is 3.96. The zero-order chi connectivity index (χ0) is 24.0. The Bertz CT molecular complexity index is 1450. The van der Waals surface area contributed by atoms with Crippen molar-refractivity contribution in [2.75, 3.05) is 22.5 Å². The van der Waals surface area contributed by atoms with E-state index in [0.717, 1.165) is 17.5 Å². The molecular weight excluding hydrogens is 447 g/mol. The molecule has 5 aromatic rings. The first-order valence-electron chi connectivity index (χ1n) is 11.0. The van der Waals surface area contributed by atoms with Crippen LogP contribution in [-0.2, 0) is 6.42 Å². The van der Waals surface area contributed by atoms with Gasteiger partial charge in [-0.3, -0.25) is 0 Å². The lowest BCUT2D eigenvalue weighted by atomic mass is 10.1. The van der Waals surface area contributed by atoms with Crippen LogP contribution in [0.15, 0.2) is 89.6 Å². The van der Waals surface area contributed by atoms with Crippen LogP contribution >= 0.6 is 0 Å². The molecule has 0 unspecified atom stereocenters. The number of nitrogens with zero attached hydrogens (tertiary/aromatic N) is 3. The molecule has 0 spiro atoms. The molecule has 0 fully saturated rings. The van der Waals surface area contributed by atoms with Crippen molar-refractivity contribution in [1.29, 1.82) is 0 Å². The lowest BCUT2D eigenvalue weighted by Crippen LogP contribution is -2.19. The van der Waals surface area contributed by atoms with Gasteiger partial charge in [0.1, 0.15) is 12.1 Å². The van der Waals surface area contributed by atoms with Gasteiger partial charge in [-0.25, -0.2) is 19.2 Å². The molecule has 0 aliphatic heterocycles. The molecule has 0 bridgehead atoms. The summed E-state index contributed by atoms with van der Waals surface area (Å²) in [5.74, 6) is 0.686. The van der Waals surface area contributed by atoms with Crippen LogP contribution in [0, 0.1) is 5.82 Å². The Hall–Kier alpha value is -4.79. The average molecular weight is 468 g/mol. The number of nitrogens with one attached hydrogen (secondary N) is 3. The molecule has 2 amide bonds. The smallest absolute Gasteiger partial charge is 0.323 e. The summed E-state index contributed by atoms with van der Waals surface area (Å²) < 4.78 is 19.0. The molecule has 2 heterocycles. The van der Waals surface area contributed by atoms with Crippen LogP contribution in [0.5, 0.6) is 0 Å². The average Bonchev–Trinajstić information content (AvgIpc) is 3.31. The molecule has 3 aromatic carbocycles. The van der Waals surface area contributed by atoms with Gasteiger partial charge in [-0.1, -0.05) is 36.4 Å². The Morgan fingerprint density at radius 3 is 2.49 bits per heavy atom. The number of oxazole rings is 1. The standard InChI is InChI=1S/C26H21FN6O2/c27-19-7-4-8-21(15-19)32-26(34)31-20-11-9-17(10-12-20)13-14-28-23-22-25(30-16-29-23)35-24(33-22)18-5-2-1-3-6-18/h1-12,15-16H,13-14H2,(H,28,29,30)(H2,31,32,34). The number of hydrogen-bond acceptors (Lipinski definition) is 6. The van der Waals surface area contributed by atoms with Gasteiger partial charge in [0.05, 0.1) is 0 Å². The maximum atomic E-state index is 13.3. The zero-order valence-corrected chi connectivity index (χ0v) is 18.5. The normalized spacial score (nSPS) is 10.8. The summed E-state index contributed by atoms with van der Waals surface area (Å²) in [6.45, 7) is 0.618. The number of carbonyl (C=O) groups excluding carboxylic acids is 1. The molecule has 8 nitrogen and oxygen atoms in total. The Labute approximate surface area is 200 Å². The third kappa shape index (κ3) is 5.41. The fourth-order valence-corrected chi connectivity index (χ4v) is 3.53. The van der Waals surface area contributed by atoms with Crippen molar-refractivity contribution < 1.29 is 13.6 Å². The van der Waals surface area contributed by atoms with Crippen molar-refractivity contribution in [2.24, 2.45) is 0 Å². The van der Waals surface area contributed by atoms with Gasteiger partial charge in [-0.2, -0.15) is 4.98 Å². The number of fused-ring (bicyclic) bond motifs is 1. The summed E-state index contributed by atoms with van der Waals surface area (Å²) >= 11 is 0. The fraction of sp³-hybridized carbons (Fsp3) is 0.0769. The second-order valence-electron chi connectivity index (χ2n) is 7.72. The topological polar surface area (TPSA) is 105 Å². The van der Waals surface area contributed by atoms with E-state index in [4.69, 9.17) is 4.42 Å². The number of aromatic nitrogens is 3. The van der Waals surface area contributed by atoms with Gasteiger partial charge in [0.25, 0.3) is 5.71 Å². The third-order valence-corrected chi connectivity index (χ3v) is 5.22. The van der Waals surface area contributed by atoms with E-state index in [1.54, 1.807) is 6.07 Å². The van der Waals surface area contributed by atoms with Gasteiger partial charge in [0, 0.05) is 23.5 Å². The van der Waals surface area contributed by atoms with Crippen LogP contribution in [0.4, 0.5) is 26.4 Å². The van der Waals surface area contributed by atoms with Crippen LogP contribution in [-0.4, -0.2) is 27.5 Å². The zero-order valence-electron chi connectivity index (χ0n) is 18.5. The second-order valence-corrected chi connectivity index (χ2v) is 7.72. The van der Waals surface area contributed by atoms with E-state index in [2.05, 4.69) is 30.9 Å². The largest absolute Gasteiger partial charge is 0.417 e. The van der Waals surface area contributed by atoms with Gasteiger partial charge in [0.2, 0.25) is 5.89 Å². The summed E-state index contributed by atoms with van der Waals surface area (Å²) in [7, 11) is 0. The first-order valence-corrected chi connectivity index (χ1v) is 11.0. The molecule has 2 aromatic heterocycles. The van der Waals surface area contributed by atoms with Gasteiger partial charge >= 0.3 is 6.03 Å². The highest BCUT2D eigenvalue weighted by Crippen LogP contribution is 2.26. The Morgan fingerprint density at radius 2 is 1.69 bits per heavy atom. The maximum absolute atomic E-state index is 13.3. The minimum absolute atomic E-state index is 0.382. The SMILES string of the molecule is O=C(Nc1ccc(CCNc2ncnc3oc(-c4ccccc4)nc23)cc1)Nc1cccc(F)c1. The highest BCUT2D eigenvalue weighted by atomic mass is 19.1. The number of carbonyl (C=O) groups is 1. The number of rotatable bonds is 7. The number of amides is 2. The first-order chi connectivity index (χ1) is 17.1. The molecule has 0 saturated carbocycles. The number of benzene rings is 3. The highest BCUT2D eigenvalue weighted by Gasteiger charge is 2.13. The van der Waals surface area contributed by atoms with Crippen molar-refractivity contribution >= 4 is 34.5 Å². The summed E-state index contributed by atoms with van der Waals surface area (Å²) in [5, 5.41) is 8.63. The third-order valence-electron chi connectivity index (χ3n) is 5.22. The molecule has 9 heteroatoms. The van der Waals surface area contributed by atoms with E-state index < -0.39 is 11.8 Å². The Kier molecular flexibility index (Phi) is 6.29. The maximum Gasteiger partial charge on any atom is 0.323 e. The van der Waals surface area contributed by atoms with Crippen molar-refractivity contribution in [3.05, 3.63) is 96.6 Å². The lowest BCUT2D eigenvalue weighted by Gasteiger charge is -2.09. The van der Waals surface area contributed by atoms with E-state index >= 15 is 0 Å². The fourth-order valence-electron chi connectivity index (χ4n) is 3.53. The lowest BCUT2D eigenvalue weighted by molar-refractivity contribution is 0.262. The summed E-state index contributed by atoms with van der Waals surface area (Å²) in [6.07, 6.45) is 2.17. The minimum Gasteiger partial charge on any atom is -0.417 e. The highest BCUT2D eigenvalue weighted by molar-refractivity contribution is 5.99. The monoisotopic (exact) mass is 468 g/mol. The quantitative estimate of drug-likeness (QED) is 0.282. The molecule has 0 saturated heterocycles.